The number of amides is 1. The van der Waals surface area contributed by atoms with Crippen LogP contribution in [0.25, 0.3) is 0 Å². The maximum absolute atomic E-state index is 13.6. The number of benzene rings is 1. The van der Waals surface area contributed by atoms with E-state index < -0.39 is 0 Å². The zero-order valence-electron chi connectivity index (χ0n) is 13.0. The summed E-state index contributed by atoms with van der Waals surface area (Å²) in [5.41, 5.74) is 0.661. The number of carbonyl (C=O) groups is 1. The predicted molar refractivity (Wildman–Crippen MR) is 81.4 cm³/mol. The summed E-state index contributed by atoms with van der Waals surface area (Å²) in [4.78, 5) is 13.1. The van der Waals surface area contributed by atoms with Crippen LogP contribution >= 0.6 is 0 Å². The molecule has 116 valence electrons. The Hall–Kier alpha value is -1.42. The van der Waals surface area contributed by atoms with Crippen LogP contribution in [-0.4, -0.2) is 25.5 Å². The molecule has 3 nitrogen and oxygen atoms in total. The average Bonchev–Trinajstić information content (AvgIpc) is 2.44. The minimum Gasteiger partial charge on any atom is -0.348 e. The summed E-state index contributed by atoms with van der Waals surface area (Å²) in [6.07, 6.45) is 4.75. The number of carbonyl (C=O) groups excluding carboxylic acids is 1. The molecule has 2 rings (SSSR count). The molecule has 1 amide bonds. The number of hydrogen-bond donors (Lipinski definition) is 2. The third kappa shape index (κ3) is 4.81. The monoisotopic (exact) mass is 293 g/mol. The molecule has 1 aliphatic rings. The Morgan fingerprint density at radius 2 is 2.05 bits per heavy atom. The van der Waals surface area contributed by atoms with E-state index in [0.29, 0.717) is 30.6 Å². The van der Waals surface area contributed by atoms with E-state index in [0.717, 1.165) is 11.3 Å². The van der Waals surface area contributed by atoms with Crippen molar-refractivity contribution >= 4 is 5.91 Å². The maximum atomic E-state index is 13.6. The van der Waals surface area contributed by atoms with Gasteiger partial charge in [-0.05, 0) is 24.8 Å². The third-order valence-electron chi connectivity index (χ3n) is 4.37. The fourth-order valence-corrected chi connectivity index (χ4v) is 3.09. The Labute approximate surface area is 126 Å². The lowest BCUT2D eigenvalue weighted by atomic mass is 9.86. The van der Waals surface area contributed by atoms with Crippen LogP contribution in [-0.2, 0) is 11.3 Å². The molecule has 2 N–H and O–H groups in total. The molecule has 1 aromatic rings. The molecule has 0 aromatic heterocycles. The van der Waals surface area contributed by atoms with Crippen molar-refractivity contribution in [2.45, 2.75) is 45.2 Å². The molecule has 1 fully saturated rings. The normalized spacial score (nSPS) is 23.6. The fourth-order valence-electron chi connectivity index (χ4n) is 3.09. The van der Waals surface area contributed by atoms with Gasteiger partial charge >= 0.3 is 0 Å². The van der Waals surface area contributed by atoms with Crippen molar-refractivity contribution in [3.63, 3.8) is 0 Å². The second-order valence-electron chi connectivity index (χ2n) is 6.34. The molecule has 4 heteroatoms. The highest BCUT2D eigenvalue weighted by Crippen LogP contribution is 2.23. The van der Waals surface area contributed by atoms with Crippen LogP contribution in [0.5, 0.6) is 0 Å². The van der Waals surface area contributed by atoms with Gasteiger partial charge in [0.25, 0.3) is 5.91 Å². The molecule has 0 aliphatic heterocycles. The van der Waals surface area contributed by atoms with Gasteiger partial charge in [0.1, 0.15) is 12.4 Å². The largest absolute Gasteiger partial charge is 0.348 e. The molecule has 1 saturated carbocycles. The molecular formula is C17H26FN2O+. The van der Waals surface area contributed by atoms with Gasteiger partial charge in [-0.15, -0.1) is 0 Å². The van der Waals surface area contributed by atoms with Gasteiger partial charge < -0.3 is 10.2 Å². The van der Waals surface area contributed by atoms with E-state index in [9.17, 15) is 9.18 Å². The second-order valence-corrected chi connectivity index (χ2v) is 6.34. The zero-order chi connectivity index (χ0) is 15.2. The maximum Gasteiger partial charge on any atom is 0.275 e. The smallest absolute Gasteiger partial charge is 0.275 e. The predicted octanol–water partition coefficient (Wildman–Crippen LogP) is 1.54. The van der Waals surface area contributed by atoms with E-state index in [4.69, 9.17) is 0 Å². The first kappa shape index (κ1) is 16.0. The minimum absolute atomic E-state index is 0.0718. The second kappa shape index (κ2) is 7.55. The summed E-state index contributed by atoms with van der Waals surface area (Å²) in [6, 6.07) is 7.07. The van der Waals surface area contributed by atoms with Crippen molar-refractivity contribution in [3.8, 4) is 0 Å². The molecule has 0 bridgehead atoms. The first-order chi connectivity index (χ1) is 10.1. The summed E-state index contributed by atoms with van der Waals surface area (Å²) in [5, 5.41) is 3.15. The Kier molecular flexibility index (Phi) is 5.74. The van der Waals surface area contributed by atoms with Crippen LogP contribution in [0.1, 0.15) is 38.2 Å². The molecule has 1 aliphatic carbocycles. The Morgan fingerprint density at radius 3 is 2.76 bits per heavy atom. The Bertz CT molecular complexity index is 478. The summed E-state index contributed by atoms with van der Waals surface area (Å²) in [7, 11) is 1.93. The highest BCUT2D eigenvalue weighted by atomic mass is 19.1. The SMILES string of the molecule is C[C@@H]1CCCC[C@@H]1NC(=O)C[NH+](C)Cc1ccccc1F. The quantitative estimate of drug-likeness (QED) is 0.848. The van der Waals surface area contributed by atoms with Crippen LogP contribution in [0.3, 0.4) is 0 Å². The average molecular weight is 293 g/mol. The van der Waals surface area contributed by atoms with E-state index >= 15 is 0 Å². The van der Waals surface area contributed by atoms with Crippen molar-refractivity contribution in [1.82, 2.24) is 5.32 Å². The number of likely N-dealkylation sites (N-methyl/N-ethyl adjacent to an activating group) is 1. The fraction of sp³-hybridized carbons (Fsp3) is 0.588. The molecule has 0 spiro atoms. The van der Waals surface area contributed by atoms with Crippen LogP contribution < -0.4 is 10.2 Å². The molecule has 21 heavy (non-hydrogen) atoms. The standard InChI is InChI=1S/C17H25FN2O/c1-13-7-3-6-10-16(13)19-17(21)12-20(2)11-14-8-4-5-9-15(14)18/h4-5,8-9,13,16H,3,6-7,10-12H2,1-2H3,(H,19,21)/p+1/t13-,16+/m1/s1. The molecule has 0 radical (unpaired) electrons. The van der Waals surface area contributed by atoms with Crippen molar-refractivity contribution in [1.29, 1.82) is 0 Å². The van der Waals surface area contributed by atoms with Gasteiger partial charge in [-0.3, -0.25) is 4.79 Å². The lowest BCUT2D eigenvalue weighted by Crippen LogP contribution is -3.09. The Balaban J connectivity index is 1.80. The van der Waals surface area contributed by atoms with Gasteiger partial charge in [-0.25, -0.2) is 4.39 Å². The van der Waals surface area contributed by atoms with Crippen molar-refractivity contribution in [3.05, 3.63) is 35.6 Å². The molecule has 0 saturated heterocycles. The first-order valence-corrected chi connectivity index (χ1v) is 7.90. The minimum atomic E-state index is -0.196. The summed E-state index contributed by atoms with van der Waals surface area (Å²) >= 11 is 0. The van der Waals surface area contributed by atoms with Crippen molar-refractivity contribution < 1.29 is 14.1 Å². The van der Waals surface area contributed by atoms with Crippen LogP contribution in [0.4, 0.5) is 4.39 Å². The van der Waals surface area contributed by atoms with E-state index in [1.807, 2.05) is 13.1 Å². The lowest BCUT2D eigenvalue weighted by molar-refractivity contribution is -0.885. The molecule has 1 aromatic carbocycles. The van der Waals surface area contributed by atoms with Crippen molar-refractivity contribution in [2.24, 2.45) is 5.92 Å². The number of quaternary nitrogens is 1. The highest BCUT2D eigenvalue weighted by molar-refractivity contribution is 5.77. The first-order valence-electron chi connectivity index (χ1n) is 7.90. The van der Waals surface area contributed by atoms with E-state index in [-0.39, 0.29) is 11.7 Å². The summed E-state index contributed by atoms with van der Waals surface area (Å²) in [6.45, 7) is 3.12. The van der Waals surface area contributed by atoms with Gasteiger partial charge in [-0.2, -0.15) is 0 Å². The molecular weight excluding hydrogens is 267 g/mol. The summed E-state index contributed by atoms with van der Waals surface area (Å²) < 4.78 is 13.6. The van der Waals surface area contributed by atoms with Gasteiger partial charge in [0.2, 0.25) is 0 Å². The van der Waals surface area contributed by atoms with E-state index in [2.05, 4.69) is 12.2 Å². The molecule has 1 unspecified atom stereocenters. The van der Waals surface area contributed by atoms with Crippen LogP contribution in [0.2, 0.25) is 0 Å². The van der Waals surface area contributed by atoms with Gasteiger partial charge in [0, 0.05) is 11.6 Å². The molecule has 0 heterocycles. The van der Waals surface area contributed by atoms with Crippen LogP contribution in [0.15, 0.2) is 24.3 Å². The number of nitrogens with one attached hydrogen (secondary N) is 2. The zero-order valence-corrected chi connectivity index (χ0v) is 13.0. The molecule has 3 atom stereocenters. The van der Waals surface area contributed by atoms with Gasteiger partial charge in [0.05, 0.1) is 7.05 Å². The Morgan fingerprint density at radius 1 is 1.33 bits per heavy atom. The van der Waals surface area contributed by atoms with Gasteiger partial charge in [0.15, 0.2) is 6.54 Å². The number of halogens is 1. The van der Waals surface area contributed by atoms with E-state index in [1.165, 1.54) is 25.3 Å². The highest BCUT2D eigenvalue weighted by Gasteiger charge is 2.23. The number of rotatable bonds is 5. The summed E-state index contributed by atoms with van der Waals surface area (Å²) in [5.74, 6) is 0.440. The van der Waals surface area contributed by atoms with E-state index in [1.54, 1.807) is 12.1 Å². The lowest BCUT2D eigenvalue weighted by Gasteiger charge is -2.29. The number of hydrogen-bond acceptors (Lipinski definition) is 1. The van der Waals surface area contributed by atoms with Gasteiger partial charge in [-0.1, -0.05) is 38.0 Å². The topological polar surface area (TPSA) is 33.5 Å². The third-order valence-corrected chi connectivity index (χ3v) is 4.37. The van der Waals surface area contributed by atoms with Crippen LogP contribution in [0, 0.1) is 11.7 Å². The van der Waals surface area contributed by atoms with Crippen molar-refractivity contribution in [2.75, 3.05) is 13.6 Å².